The summed E-state index contributed by atoms with van der Waals surface area (Å²) in [5.41, 5.74) is -0.677. The predicted octanol–water partition coefficient (Wildman–Crippen LogP) is 2.15. The summed E-state index contributed by atoms with van der Waals surface area (Å²) in [6.45, 7) is 14.9. The zero-order valence-electron chi connectivity index (χ0n) is 17.5. The van der Waals surface area contributed by atoms with E-state index in [4.69, 9.17) is 14.0 Å². The van der Waals surface area contributed by atoms with Crippen molar-refractivity contribution in [2.75, 3.05) is 13.1 Å². The van der Waals surface area contributed by atoms with Crippen LogP contribution in [0.5, 0.6) is 0 Å². The van der Waals surface area contributed by atoms with Crippen molar-refractivity contribution >= 4 is 18.8 Å². The maximum absolute atomic E-state index is 12.4. The lowest BCUT2D eigenvalue weighted by molar-refractivity contribution is 0.00578. The normalized spacial score (nSPS) is 24.9. The minimum absolute atomic E-state index is 0.0648. The van der Waals surface area contributed by atoms with Crippen molar-refractivity contribution in [3.05, 3.63) is 6.20 Å². The van der Waals surface area contributed by atoms with Gasteiger partial charge in [0.2, 0.25) is 0 Å². The molecular weight excluding hydrogens is 347 g/mol. The fraction of sp³-hybridized carbons (Fsp3) is 0.833. The van der Waals surface area contributed by atoms with Crippen LogP contribution >= 0.6 is 0 Å². The molecule has 27 heavy (non-hydrogen) atoms. The van der Waals surface area contributed by atoms with Gasteiger partial charge in [0.05, 0.1) is 17.2 Å². The smallest absolute Gasteiger partial charge is 0.444 e. The van der Waals surface area contributed by atoms with Crippen LogP contribution in [0.3, 0.4) is 0 Å². The van der Waals surface area contributed by atoms with Gasteiger partial charge in [-0.1, -0.05) is 5.21 Å². The highest BCUT2D eigenvalue weighted by atomic mass is 16.7. The second kappa shape index (κ2) is 6.77. The summed E-state index contributed by atoms with van der Waals surface area (Å²) in [6, 6.07) is 0.0648. The van der Waals surface area contributed by atoms with Crippen molar-refractivity contribution in [1.29, 1.82) is 0 Å². The van der Waals surface area contributed by atoms with E-state index in [1.54, 1.807) is 4.90 Å². The molecule has 0 radical (unpaired) electrons. The Bertz CT molecular complexity index is 682. The molecular formula is C18H31BN4O4. The maximum Gasteiger partial charge on any atom is 0.518 e. The van der Waals surface area contributed by atoms with Crippen LogP contribution in [0.4, 0.5) is 4.79 Å². The molecule has 2 saturated heterocycles. The van der Waals surface area contributed by atoms with Crippen LogP contribution in [0, 0.1) is 0 Å². The third kappa shape index (κ3) is 4.29. The van der Waals surface area contributed by atoms with E-state index in [1.807, 2.05) is 59.3 Å². The van der Waals surface area contributed by atoms with Crippen LogP contribution in [-0.2, 0) is 14.0 Å². The number of amides is 1. The average molecular weight is 378 g/mol. The fourth-order valence-corrected chi connectivity index (χ4v) is 3.20. The first-order chi connectivity index (χ1) is 12.4. The molecule has 9 heteroatoms. The van der Waals surface area contributed by atoms with E-state index < -0.39 is 23.9 Å². The first-order valence-corrected chi connectivity index (χ1v) is 9.63. The predicted molar refractivity (Wildman–Crippen MR) is 102 cm³/mol. The molecule has 1 aromatic rings. The van der Waals surface area contributed by atoms with E-state index in [0.29, 0.717) is 18.7 Å². The molecule has 1 unspecified atom stereocenters. The van der Waals surface area contributed by atoms with E-state index in [1.165, 1.54) is 0 Å². The van der Waals surface area contributed by atoms with E-state index in [9.17, 15) is 4.79 Å². The van der Waals surface area contributed by atoms with Crippen molar-refractivity contribution in [1.82, 2.24) is 19.9 Å². The number of ether oxygens (including phenoxy) is 1. The summed E-state index contributed by atoms with van der Waals surface area (Å²) in [6.07, 6.45) is 3.42. The summed E-state index contributed by atoms with van der Waals surface area (Å²) in [5.74, 6) is 0. The molecule has 1 amide bonds. The molecule has 3 rings (SSSR count). The lowest BCUT2D eigenvalue weighted by Gasteiger charge is -2.33. The Hall–Kier alpha value is -1.61. The molecule has 0 saturated carbocycles. The van der Waals surface area contributed by atoms with Crippen molar-refractivity contribution in [3.8, 4) is 0 Å². The number of likely N-dealkylation sites (tertiary alicyclic amines) is 1. The number of rotatable bonds is 2. The van der Waals surface area contributed by atoms with Crippen LogP contribution in [-0.4, -0.2) is 63.0 Å². The third-order valence-electron chi connectivity index (χ3n) is 5.45. The molecule has 150 valence electrons. The Morgan fingerprint density at radius 3 is 2.48 bits per heavy atom. The van der Waals surface area contributed by atoms with Crippen LogP contribution in [0.15, 0.2) is 6.20 Å². The molecule has 0 aliphatic carbocycles. The first-order valence-electron chi connectivity index (χ1n) is 9.63. The Morgan fingerprint density at radius 2 is 1.89 bits per heavy atom. The Kier molecular flexibility index (Phi) is 5.05. The first kappa shape index (κ1) is 20.1. The molecule has 0 bridgehead atoms. The highest BCUT2D eigenvalue weighted by Gasteiger charge is 2.53. The van der Waals surface area contributed by atoms with Crippen molar-refractivity contribution in [2.24, 2.45) is 0 Å². The van der Waals surface area contributed by atoms with Crippen molar-refractivity contribution in [3.63, 3.8) is 0 Å². The number of hydrogen-bond acceptors (Lipinski definition) is 6. The number of nitrogens with zero attached hydrogens (tertiary/aromatic N) is 4. The van der Waals surface area contributed by atoms with Gasteiger partial charge in [0.1, 0.15) is 11.2 Å². The summed E-state index contributed by atoms with van der Waals surface area (Å²) in [7, 11) is -0.533. The summed E-state index contributed by atoms with van der Waals surface area (Å²) >= 11 is 0. The molecule has 3 heterocycles. The van der Waals surface area contributed by atoms with Crippen molar-refractivity contribution < 1.29 is 18.8 Å². The van der Waals surface area contributed by atoms with Gasteiger partial charge in [0.25, 0.3) is 0 Å². The molecule has 2 aliphatic heterocycles. The van der Waals surface area contributed by atoms with Gasteiger partial charge in [-0.25, -0.2) is 9.48 Å². The quantitative estimate of drug-likeness (QED) is 0.734. The highest BCUT2D eigenvalue weighted by molar-refractivity contribution is 6.61. The van der Waals surface area contributed by atoms with Crippen molar-refractivity contribution in [2.45, 2.75) is 84.2 Å². The standard InChI is InChI=1S/C18H31BN4O4/c1-16(2,3)25-15(24)22-10-8-9-13(11-22)23-12-14(20-21-23)19-26-17(4,5)18(6,7)27-19/h12-13H,8-11H2,1-7H3. The van der Waals surface area contributed by atoms with Gasteiger partial charge in [-0.15, -0.1) is 5.10 Å². The number of aromatic nitrogens is 3. The van der Waals surface area contributed by atoms with Gasteiger partial charge in [-0.05, 0) is 61.3 Å². The van der Waals surface area contributed by atoms with Gasteiger partial charge in [0.15, 0.2) is 0 Å². The molecule has 2 fully saturated rings. The van der Waals surface area contributed by atoms with E-state index >= 15 is 0 Å². The lowest BCUT2D eigenvalue weighted by Crippen LogP contribution is -2.43. The minimum Gasteiger partial charge on any atom is -0.444 e. The summed E-state index contributed by atoms with van der Waals surface area (Å²) in [4.78, 5) is 14.1. The van der Waals surface area contributed by atoms with Crippen LogP contribution in [0.2, 0.25) is 0 Å². The lowest BCUT2D eigenvalue weighted by atomic mass is 9.86. The number of piperidine rings is 1. The number of hydrogen-bond donors (Lipinski definition) is 0. The summed E-state index contributed by atoms with van der Waals surface area (Å²) in [5, 5.41) is 8.54. The second-order valence-corrected chi connectivity index (χ2v) is 9.43. The molecule has 0 spiro atoms. The number of carbonyl (C=O) groups excluding carboxylic acids is 1. The topological polar surface area (TPSA) is 78.7 Å². The highest BCUT2D eigenvalue weighted by Crippen LogP contribution is 2.36. The molecule has 1 aromatic heterocycles. The Labute approximate surface area is 161 Å². The van der Waals surface area contributed by atoms with Crippen LogP contribution < -0.4 is 5.59 Å². The molecule has 0 N–H and O–H groups in total. The largest absolute Gasteiger partial charge is 0.518 e. The molecule has 2 aliphatic rings. The number of carbonyl (C=O) groups is 1. The zero-order chi connectivity index (χ0) is 20.0. The van der Waals surface area contributed by atoms with Gasteiger partial charge in [0, 0.05) is 19.3 Å². The van der Waals surface area contributed by atoms with Gasteiger partial charge in [-0.2, -0.15) is 0 Å². The minimum atomic E-state index is -0.533. The van der Waals surface area contributed by atoms with E-state index in [0.717, 1.165) is 12.8 Å². The SMILES string of the molecule is CC(C)(C)OC(=O)N1CCCC(n2cc(B3OC(C)(C)C(C)(C)O3)nn2)C1. The molecule has 8 nitrogen and oxygen atoms in total. The van der Waals surface area contributed by atoms with Crippen LogP contribution in [0.1, 0.15) is 67.3 Å². The van der Waals surface area contributed by atoms with E-state index in [-0.39, 0.29) is 12.1 Å². The summed E-state index contributed by atoms with van der Waals surface area (Å²) < 4.78 is 19.4. The van der Waals surface area contributed by atoms with Gasteiger partial charge in [-0.3, -0.25) is 0 Å². The average Bonchev–Trinajstić information content (AvgIpc) is 3.09. The zero-order valence-corrected chi connectivity index (χ0v) is 17.5. The third-order valence-corrected chi connectivity index (χ3v) is 5.45. The molecule has 0 aromatic carbocycles. The Balaban J connectivity index is 1.67. The fourth-order valence-electron chi connectivity index (χ4n) is 3.20. The monoisotopic (exact) mass is 378 g/mol. The van der Waals surface area contributed by atoms with Crippen LogP contribution in [0.25, 0.3) is 0 Å². The van der Waals surface area contributed by atoms with Gasteiger partial charge >= 0.3 is 13.2 Å². The Morgan fingerprint density at radius 1 is 1.26 bits per heavy atom. The molecule has 1 atom stereocenters. The second-order valence-electron chi connectivity index (χ2n) is 9.43. The van der Waals surface area contributed by atoms with Gasteiger partial charge < -0.3 is 18.9 Å². The van der Waals surface area contributed by atoms with E-state index in [2.05, 4.69) is 10.3 Å². The maximum atomic E-state index is 12.4.